The fourth-order valence-electron chi connectivity index (χ4n) is 2.20. The topological polar surface area (TPSA) is 53.6 Å². The zero-order chi connectivity index (χ0) is 13.2. The number of phenols is 2. The monoisotopic (exact) mass is 254 g/mol. The van der Waals surface area contributed by atoms with Gasteiger partial charge in [-0.25, -0.2) is 0 Å². The Morgan fingerprint density at radius 3 is 2.42 bits per heavy atom. The maximum atomic E-state index is 9.70. The number of fused-ring (bicyclic) bond motifs is 1. The number of hydrogen-bond donors (Lipinski definition) is 2. The third-order valence-corrected chi connectivity index (χ3v) is 3.21. The predicted molar refractivity (Wildman–Crippen MR) is 73.4 cm³/mol. The van der Waals surface area contributed by atoms with Gasteiger partial charge in [-0.15, -0.1) is 0 Å². The average Bonchev–Trinajstić information content (AvgIpc) is 2.82. The second-order valence-electron chi connectivity index (χ2n) is 4.54. The summed E-state index contributed by atoms with van der Waals surface area (Å²) in [7, 11) is 0. The van der Waals surface area contributed by atoms with Gasteiger partial charge in [0.05, 0.1) is 0 Å². The summed E-state index contributed by atoms with van der Waals surface area (Å²) in [5.74, 6) is 1.27. The van der Waals surface area contributed by atoms with E-state index in [4.69, 9.17) is 4.42 Å². The average molecular weight is 254 g/mol. The van der Waals surface area contributed by atoms with Gasteiger partial charge in [0.25, 0.3) is 0 Å². The van der Waals surface area contributed by atoms with E-state index in [1.165, 1.54) is 0 Å². The van der Waals surface area contributed by atoms with Crippen LogP contribution in [0.2, 0.25) is 0 Å². The molecule has 3 aromatic rings. The van der Waals surface area contributed by atoms with Crippen molar-refractivity contribution in [1.82, 2.24) is 0 Å². The fraction of sp³-hybridized carbons (Fsp3) is 0.125. The van der Waals surface area contributed by atoms with Gasteiger partial charge >= 0.3 is 0 Å². The molecule has 3 rings (SSSR count). The number of hydrogen-bond acceptors (Lipinski definition) is 3. The lowest BCUT2D eigenvalue weighted by Crippen LogP contribution is -1.89. The highest BCUT2D eigenvalue weighted by atomic mass is 16.4. The smallest absolute Gasteiger partial charge is 0.175 e. The molecule has 0 unspecified atom stereocenters. The summed E-state index contributed by atoms with van der Waals surface area (Å²) in [5, 5.41) is 20.3. The van der Waals surface area contributed by atoms with E-state index >= 15 is 0 Å². The van der Waals surface area contributed by atoms with Crippen molar-refractivity contribution in [3.05, 3.63) is 59.9 Å². The number of para-hydroxylation sites is 2. The lowest BCUT2D eigenvalue weighted by Gasteiger charge is -2.01. The Bertz CT molecular complexity index is 713. The van der Waals surface area contributed by atoms with E-state index in [0.29, 0.717) is 24.2 Å². The standard InChI is InChI=1S/C16H14O3/c17-14-6-2-1-4-11(14)8-9-13-10-12-5-3-7-15(18)16(12)19-13/h1-7,10,17-18H,8-9H2. The maximum absolute atomic E-state index is 9.70. The van der Waals surface area contributed by atoms with Gasteiger partial charge in [-0.1, -0.05) is 30.3 Å². The summed E-state index contributed by atoms with van der Waals surface area (Å²) in [6.45, 7) is 0. The molecular weight excluding hydrogens is 240 g/mol. The predicted octanol–water partition coefficient (Wildman–Crippen LogP) is 3.63. The van der Waals surface area contributed by atoms with Crippen molar-refractivity contribution in [2.45, 2.75) is 12.8 Å². The van der Waals surface area contributed by atoms with Crippen LogP contribution in [0.25, 0.3) is 11.0 Å². The van der Waals surface area contributed by atoms with Crippen LogP contribution in [0, 0.1) is 0 Å². The number of aromatic hydroxyl groups is 2. The SMILES string of the molecule is Oc1ccccc1CCc1cc2cccc(O)c2o1. The Labute approximate surface area is 110 Å². The van der Waals surface area contributed by atoms with Crippen molar-refractivity contribution in [3.8, 4) is 11.5 Å². The minimum Gasteiger partial charge on any atom is -0.508 e. The molecule has 3 nitrogen and oxygen atoms in total. The Morgan fingerprint density at radius 1 is 0.842 bits per heavy atom. The summed E-state index contributed by atoms with van der Waals surface area (Å²) >= 11 is 0. The highest BCUT2D eigenvalue weighted by Crippen LogP contribution is 2.28. The molecular formula is C16H14O3. The first-order valence-corrected chi connectivity index (χ1v) is 6.21. The Hall–Kier alpha value is -2.42. The molecule has 1 aromatic heterocycles. The third kappa shape index (κ3) is 2.27. The zero-order valence-corrected chi connectivity index (χ0v) is 10.3. The van der Waals surface area contributed by atoms with Crippen LogP contribution in [-0.2, 0) is 12.8 Å². The quantitative estimate of drug-likeness (QED) is 0.750. The second kappa shape index (κ2) is 4.69. The Morgan fingerprint density at radius 2 is 1.63 bits per heavy atom. The van der Waals surface area contributed by atoms with Gasteiger partial charge in [0, 0.05) is 11.8 Å². The molecule has 2 N–H and O–H groups in total. The van der Waals surface area contributed by atoms with Crippen molar-refractivity contribution >= 4 is 11.0 Å². The van der Waals surface area contributed by atoms with Crippen LogP contribution >= 0.6 is 0 Å². The molecule has 0 atom stereocenters. The second-order valence-corrected chi connectivity index (χ2v) is 4.54. The summed E-state index contributed by atoms with van der Waals surface area (Å²) < 4.78 is 5.63. The first kappa shape index (κ1) is 11.7. The number of aryl methyl sites for hydroxylation is 2. The van der Waals surface area contributed by atoms with Crippen LogP contribution in [0.3, 0.4) is 0 Å². The van der Waals surface area contributed by atoms with Crippen molar-refractivity contribution in [3.63, 3.8) is 0 Å². The first-order chi connectivity index (χ1) is 9.24. The zero-order valence-electron chi connectivity index (χ0n) is 10.3. The molecule has 19 heavy (non-hydrogen) atoms. The van der Waals surface area contributed by atoms with Crippen LogP contribution in [0.5, 0.6) is 11.5 Å². The molecule has 0 amide bonds. The van der Waals surface area contributed by atoms with Crippen LogP contribution in [0.1, 0.15) is 11.3 Å². The number of furan rings is 1. The molecule has 1 heterocycles. The highest BCUT2D eigenvalue weighted by Gasteiger charge is 2.08. The summed E-state index contributed by atoms with van der Waals surface area (Å²) in [4.78, 5) is 0. The maximum Gasteiger partial charge on any atom is 0.175 e. The van der Waals surface area contributed by atoms with E-state index in [9.17, 15) is 10.2 Å². The Kier molecular flexibility index (Phi) is 2.88. The summed E-state index contributed by atoms with van der Waals surface area (Å²) in [6, 6.07) is 14.5. The molecule has 0 aliphatic carbocycles. The molecule has 0 bridgehead atoms. The molecule has 0 fully saturated rings. The normalized spacial score (nSPS) is 10.9. The Balaban J connectivity index is 1.83. The number of benzene rings is 2. The van der Waals surface area contributed by atoms with Crippen LogP contribution in [-0.4, -0.2) is 10.2 Å². The van der Waals surface area contributed by atoms with Crippen molar-refractivity contribution < 1.29 is 14.6 Å². The first-order valence-electron chi connectivity index (χ1n) is 6.21. The molecule has 0 saturated carbocycles. The highest BCUT2D eigenvalue weighted by molar-refractivity contribution is 5.83. The summed E-state index contributed by atoms with van der Waals surface area (Å²) in [5.41, 5.74) is 1.42. The van der Waals surface area contributed by atoms with Crippen molar-refractivity contribution in [2.75, 3.05) is 0 Å². The van der Waals surface area contributed by atoms with Gasteiger partial charge in [0.15, 0.2) is 11.3 Å². The molecule has 0 aliphatic rings. The lowest BCUT2D eigenvalue weighted by atomic mass is 10.1. The van der Waals surface area contributed by atoms with Crippen molar-refractivity contribution in [1.29, 1.82) is 0 Å². The molecule has 0 radical (unpaired) electrons. The number of phenolic OH excluding ortho intramolecular Hbond substituents is 2. The molecule has 96 valence electrons. The van der Waals surface area contributed by atoms with E-state index in [1.54, 1.807) is 24.3 Å². The van der Waals surface area contributed by atoms with E-state index in [0.717, 1.165) is 16.7 Å². The molecule has 2 aromatic carbocycles. The van der Waals surface area contributed by atoms with Crippen LogP contribution < -0.4 is 0 Å². The van der Waals surface area contributed by atoms with Gasteiger partial charge in [-0.3, -0.25) is 0 Å². The van der Waals surface area contributed by atoms with E-state index < -0.39 is 0 Å². The molecule has 0 spiro atoms. The van der Waals surface area contributed by atoms with Crippen LogP contribution in [0.15, 0.2) is 52.9 Å². The third-order valence-electron chi connectivity index (χ3n) is 3.21. The summed E-state index contributed by atoms with van der Waals surface area (Å²) in [6.07, 6.45) is 1.39. The van der Waals surface area contributed by atoms with Gasteiger partial charge in [0.2, 0.25) is 0 Å². The van der Waals surface area contributed by atoms with E-state index in [-0.39, 0.29) is 5.75 Å². The van der Waals surface area contributed by atoms with Crippen LogP contribution in [0.4, 0.5) is 0 Å². The molecule has 0 saturated heterocycles. The minimum absolute atomic E-state index is 0.159. The molecule has 3 heteroatoms. The minimum atomic E-state index is 0.159. The lowest BCUT2D eigenvalue weighted by molar-refractivity contribution is 0.454. The van der Waals surface area contributed by atoms with Crippen molar-refractivity contribution in [2.24, 2.45) is 0 Å². The van der Waals surface area contributed by atoms with E-state index in [1.807, 2.05) is 24.3 Å². The number of rotatable bonds is 3. The van der Waals surface area contributed by atoms with Gasteiger partial charge in [-0.05, 0) is 30.2 Å². The van der Waals surface area contributed by atoms with Gasteiger partial charge < -0.3 is 14.6 Å². The fourth-order valence-corrected chi connectivity index (χ4v) is 2.20. The molecule has 0 aliphatic heterocycles. The van der Waals surface area contributed by atoms with Gasteiger partial charge in [-0.2, -0.15) is 0 Å². The van der Waals surface area contributed by atoms with Gasteiger partial charge in [0.1, 0.15) is 11.5 Å². The van der Waals surface area contributed by atoms with E-state index in [2.05, 4.69) is 0 Å². The largest absolute Gasteiger partial charge is 0.508 e.